The Labute approximate surface area is 104 Å². The number of nitrogens with one attached hydrogen (secondary N) is 1. The van der Waals surface area contributed by atoms with E-state index in [2.05, 4.69) is 25.7 Å². The van der Waals surface area contributed by atoms with Crippen LogP contribution < -0.4 is 10.1 Å². The monoisotopic (exact) mass is 247 g/mol. The van der Waals surface area contributed by atoms with E-state index in [4.69, 9.17) is 9.26 Å². The fraction of sp³-hybridized carbons (Fsp3) is 0.455. The van der Waals surface area contributed by atoms with Crippen molar-refractivity contribution in [3.05, 3.63) is 18.0 Å². The number of aromatic nitrogens is 4. The lowest BCUT2D eigenvalue weighted by Crippen LogP contribution is -2.12. The topological polar surface area (TPSA) is 86.0 Å². The van der Waals surface area contributed by atoms with Gasteiger partial charge in [0, 0.05) is 6.07 Å². The van der Waals surface area contributed by atoms with Crippen molar-refractivity contribution in [3.63, 3.8) is 0 Å². The lowest BCUT2D eigenvalue weighted by molar-refractivity contribution is 0.344. The first kappa shape index (κ1) is 11.1. The summed E-state index contributed by atoms with van der Waals surface area (Å²) in [5.41, 5.74) is 0.573. The Hall–Kier alpha value is -2.02. The van der Waals surface area contributed by atoms with Gasteiger partial charge in [-0.15, -0.1) is 10.2 Å². The van der Waals surface area contributed by atoms with Gasteiger partial charge < -0.3 is 14.6 Å². The Kier molecular flexibility index (Phi) is 2.89. The summed E-state index contributed by atoms with van der Waals surface area (Å²) < 4.78 is 10.2. The molecule has 2 aromatic heterocycles. The molecular weight excluding hydrogens is 234 g/mol. The molecule has 1 fully saturated rings. The van der Waals surface area contributed by atoms with E-state index in [1.54, 1.807) is 19.2 Å². The van der Waals surface area contributed by atoms with E-state index in [1.807, 2.05) is 0 Å². The van der Waals surface area contributed by atoms with E-state index in [-0.39, 0.29) is 6.04 Å². The molecule has 1 saturated heterocycles. The third-order valence-electron chi connectivity index (χ3n) is 2.88. The number of rotatable bonds is 3. The molecule has 7 heteroatoms. The molecule has 0 bridgehead atoms. The molecule has 1 N–H and O–H groups in total. The molecule has 0 radical (unpaired) electrons. The standard InChI is InChI=1S/C11H13N5O2/c1-17-9-5-4-7(14-15-9)10-13-11(18-16-10)8-3-2-6-12-8/h4-5,8,12H,2-3,6H2,1H3/t8-/m1/s1. The van der Waals surface area contributed by atoms with Crippen LogP contribution in [0.25, 0.3) is 11.5 Å². The van der Waals surface area contributed by atoms with Crippen molar-refractivity contribution >= 4 is 0 Å². The van der Waals surface area contributed by atoms with Crippen LogP contribution in [0.3, 0.4) is 0 Å². The smallest absolute Gasteiger partial charge is 0.244 e. The second-order valence-corrected chi connectivity index (χ2v) is 4.07. The van der Waals surface area contributed by atoms with Gasteiger partial charge in [-0.2, -0.15) is 4.98 Å². The van der Waals surface area contributed by atoms with E-state index in [9.17, 15) is 0 Å². The minimum absolute atomic E-state index is 0.164. The minimum Gasteiger partial charge on any atom is -0.480 e. The highest BCUT2D eigenvalue weighted by Crippen LogP contribution is 2.23. The van der Waals surface area contributed by atoms with Gasteiger partial charge in [0.15, 0.2) is 0 Å². The number of hydrogen-bond acceptors (Lipinski definition) is 7. The van der Waals surface area contributed by atoms with Crippen LogP contribution in [0.4, 0.5) is 0 Å². The Morgan fingerprint density at radius 2 is 2.33 bits per heavy atom. The van der Waals surface area contributed by atoms with Crippen LogP contribution in [0, 0.1) is 0 Å². The number of methoxy groups -OCH3 is 1. The molecule has 94 valence electrons. The number of ether oxygens (including phenoxy) is 1. The molecule has 18 heavy (non-hydrogen) atoms. The van der Waals surface area contributed by atoms with Crippen molar-refractivity contribution in [1.29, 1.82) is 0 Å². The van der Waals surface area contributed by atoms with Crippen molar-refractivity contribution in [2.75, 3.05) is 13.7 Å². The van der Waals surface area contributed by atoms with E-state index in [1.165, 1.54) is 0 Å². The summed E-state index contributed by atoms with van der Waals surface area (Å²) in [5, 5.41) is 15.1. The molecule has 7 nitrogen and oxygen atoms in total. The molecule has 3 rings (SSSR count). The van der Waals surface area contributed by atoms with Gasteiger partial charge in [0.1, 0.15) is 5.69 Å². The maximum absolute atomic E-state index is 5.24. The predicted octanol–water partition coefficient (Wildman–Crippen LogP) is 0.960. The van der Waals surface area contributed by atoms with Crippen molar-refractivity contribution in [3.8, 4) is 17.4 Å². The van der Waals surface area contributed by atoms with Crippen LogP contribution in [0.2, 0.25) is 0 Å². The molecular formula is C11H13N5O2. The van der Waals surface area contributed by atoms with Gasteiger partial charge in [0.2, 0.25) is 17.6 Å². The lowest BCUT2D eigenvalue weighted by atomic mass is 10.2. The van der Waals surface area contributed by atoms with Gasteiger partial charge in [0.05, 0.1) is 13.2 Å². The summed E-state index contributed by atoms with van der Waals surface area (Å²) in [6.07, 6.45) is 2.15. The molecule has 1 aliphatic rings. The summed E-state index contributed by atoms with van der Waals surface area (Å²) >= 11 is 0. The van der Waals surface area contributed by atoms with Crippen LogP contribution in [0.15, 0.2) is 16.7 Å². The van der Waals surface area contributed by atoms with Crippen LogP contribution >= 0.6 is 0 Å². The first-order valence-electron chi connectivity index (χ1n) is 5.82. The zero-order valence-corrected chi connectivity index (χ0v) is 9.96. The highest BCUT2D eigenvalue weighted by atomic mass is 16.5. The van der Waals surface area contributed by atoms with Crippen molar-refractivity contribution in [1.82, 2.24) is 25.7 Å². The van der Waals surface area contributed by atoms with E-state index < -0.39 is 0 Å². The molecule has 0 aromatic carbocycles. The van der Waals surface area contributed by atoms with Crippen LogP contribution in [0.1, 0.15) is 24.8 Å². The number of nitrogens with zero attached hydrogens (tertiary/aromatic N) is 4. The Morgan fingerprint density at radius 1 is 1.39 bits per heavy atom. The second-order valence-electron chi connectivity index (χ2n) is 4.07. The molecule has 0 saturated carbocycles. The van der Waals surface area contributed by atoms with E-state index >= 15 is 0 Å². The predicted molar refractivity (Wildman–Crippen MR) is 61.9 cm³/mol. The second kappa shape index (κ2) is 4.69. The summed E-state index contributed by atoms with van der Waals surface area (Å²) in [6, 6.07) is 3.63. The lowest BCUT2D eigenvalue weighted by Gasteiger charge is -2.01. The average molecular weight is 247 g/mol. The number of hydrogen-bond donors (Lipinski definition) is 1. The zero-order valence-electron chi connectivity index (χ0n) is 9.96. The molecule has 3 heterocycles. The third kappa shape index (κ3) is 2.04. The van der Waals surface area contributed by atoms with Crippen molar-refractivity contribution in [2.24, 2.45) is 0 Å². The average Bonchev–Trinajstić information content (AvgIpc) is 3.09. The summed E-state index contributed by atoms with van der Waals surface area (Å²) in [5.74, 6) is 1.52. The molecule has 0 aliphatic carbocycles. The van der Waals surface area contributed by atoms with Crippen LogP contribution in [-0.2, 0) is 0 Å². The Morgan fingerprint density at radius 3 is 3.00 bits per heavy atom. The van der Waals surface area contributed by atoms with E-state index in [0.29, 0.717) is 23.3 Å². The van der Waals surface area contributed by atoms with Gasteiger partial charge in [-0.05, 0) is 25.5 Å². The largest absolute Gasteiger partial charge is 0.480 e. The molecule has 1 aliphatic heterocycles. The molecule has 0 amide bonds. The fourth-order valence-electron chi connectivity index (χ4n) is 1.92. The molecule has 0 spiro atoms. The molecule has 2 aromatic rings. The molecule has 0 unspecified atom stereocenters. The van der Waals surface area contributed by atoms with E-state index in [0.717, 1.165) is 19.4 Å². The zero-order chi connectivity index (χ0) is 12.4. The summed E-state index contributed by atoms with van der Waals surface area (Å²) in [4.78, 5) is 4.33. The first-order chi connectivity index (χ1) is 8.86. The SMILES string of the molecule is COc1ccc(-c2noc([C@H]3CCCN3)n2)nn1. The maximum Gasteiger partial charge on any atom is 0.244 e. The Balaban J connectivity index is 1.82. The van der Waals surface area contributed by atoms with Crippen molar-refractivity contribution < 1.29 is 9.26 Å². The quantitative estimate of drug-likeness (QED) is 0.864. The van der Waals surface area contributed by atoms with Gasteiger partial charge in [-0.3, -0.25) is 0 Å². The summed E-state index contributed by atoms with van der Waals surface area (Å²) in [7, 11) is 1.54. The maximum atomic E-state index is 5.24. The van der Waals surface area contributed by atoms with Crippen molar-refractivity contribution in [2.45, 2.75) is 18.9 Å². The summed E-state index contributed by atoms with van der Waals surface area (Å²) in [6.45, 7) is 0.991. The van der Waals surface area contributed by atoms with Gasteiger partial charge in [-0.1, -0.05) is 5.16 Å². The van der Waals surface area contributed by atoms with Gasteiger partial charge in [-0.25, -0.2) is 0 Å². The highest BCUT2D eigenvalue weighted by Gasteiger charge is 2.23. The van der Waals surface area contributed by atoms with Crippen LogP contribution in [0.5, 0.6) is 5.88 Å². The normalized spacial score (nSPS) is 19.1. The first-order valence-corrected chi connectivity index (χ1v) is 5.82. The fourth-order valence-corrected chi connectivity index (χ4v) is 1.92. The Bertz CT molecular complexity index is 518. The van der Waals surface area contributed by atoms with Crippen LogP contribution in [-0.4, -0.2) is 34.0 Å². The van der Waals surface area contributed by atoms with Gasteiger partial charge >= 0.3 is 0 Å². The third-order valence-corrected chi connectivity index (χ3v) is 2.88. The molecule has 1 atom stereocenters. The van der Waals surface area contributed by atoms with Gasteiger partial charge in [0.25, 0.3) is 0 Å². The minimum atomic E-state index is 0.164. The highest BCUT2D eigenvalue weighted by molar-refractivity contribution is 5.47.